The van der Waals surface area contributed by atoms with Gasteiger partial charge in [0.05, 0.1) is 5.69 Å². The number of hydrogen-bond acceptors (Lipinski definition) is 2. The van der Waals surface area contributed by atoms with E-state index in [-0.39, 0.29) is 11.5 Å². The van der Waals surface area contributed by atoms with Crippen molar-refractivity contribution in [1.29, 1.82) is 0 Å². The maximum absolute atomic E-state index is 13.8. The predicted molar refractivity (Wildman–Crippen MR) is 64.9 cm³/mol. The van der Waals surface area contributed by atoms with Crippen molar-refractivity contribution >= 4 is 5.97 Å². The van der Waals surface area contributed by atoms with Gasteiger partial charge in [-0.15, -0.1) is 0 Å². The summed E-state index contributed by atoms with van der Waals surface area (Å²) < 4.78 is 15.2. The summed E-state index contributed by atoms with van der Waals surface area (Å²) in [5.74, 6) is -1.47. The van der Waals surface area contributed by atoms with E-state index < -0.39 is 5.97 Å². The number of aromatic nitrogens is 2. The van der Waals surface area contributed by atoms with Crippen molar-refractivity contribution < 1.29 is 14.3 Å². The summed E-state index contributed by atoms with van der Waals surface area (Å²) in [6.07, 6.45) is 0.485. The Balaban J connectivity index is 2.72. The Bertz CT molecular complexity index is 605. The molecule has 2 aromatic rings. The van der Waals surface area contributed by atoms with Crippen molar-refractivity contribution in [2.75, 3.05) is 0 Å². The van der Waals surface area contributed by atoms with Crippen molar-refractivity contribution in [3.8, 4) is 11.3 Å². The lowest BCUT2D eigenvalue weighted by atomic mass is 10.0. The quantitative estimate of drug-likeness (QED) is 0.907. The Morgan fingerprint density at radius 2 is 2.11 bits per heavy atom. The lowest BCUT2D eigenvalue weighted by molar-refractivity contribution is 0.0688. The number of rotatable bonds is 3. The number of halogens is 1. The van der Waals surface area contributed by atoms with Crippen LogP contribution in [0.2, 0.25) is 0 Å². The van der Waals surface area contributed by atoms with Gasteiger partial charge in [-0.2, -0.15) is 5.10 Å². The normalized spacial score (nSPS) is 10.6. The minimum absolute atomic E-state index is 0.0155. The van der Waals surface area contributed by atoms with Gasteiger partial charge in [0.15, 0.2) is 5.69 Å². The second-order valence-corrected chi connectivity index (χ2v) is 3.94. The first-order valence-corrected chi connectivity index (χ1v) is 5.60. The maximum atomic E-state index is 13.8. The molecular formula is C13H13FN2O2. The van der Waals surface area contributed by atoms with Gasteiger partial charge >= 0.3 is 5.97 Å². The molecule has 0 saturated carbocycles. The number of aromatic carboxylic acids is 1. The molecule has 0 radical (unpaired) electrons. The highest BCUT2D eigenvalue weighted by Crippen LogP contribution is 2.28. The molecule has 5 heteroatoms. The molecule has 1 aromatic heterocycles. The van der Waals surface area contributed by atoms with E-state index in [0.717, 1.165) is 0 Å². The van der Waals surface area contributed by atoms with E-state index in [2.05, 4.69) is 5.10 Å². The molecule has 1 N–H and O–H groups in total. The number of carboxylic acids is 1. The van der Waals surface area contributed by atoms with Gasteiger partial charge < -0.3 is 5.11 Å². The maximum Gasteiger partial charge on any atom is 0.356 e. The molecular weight excluding hydrogens is 235 g/mol. The zero-order valence-electron chi connectivity index (χ0n) is 10.1. The van der Waals surface area contributed by atoms with E-state index in [1.807, 2.05) is 6.92 Å². The summed E-state index contributed by atoms with van der Waals surface area (Å²) in [5, 5.41) is 13.0. The second-order valence-electron chi connectivity index (χ2n) is 3.94. The highest BCUT2D eigenvalue weighted by molar-refractivity contribution is 5.89. The number of carboxylic acid groups (broad SMARTS) is 1. The zero-order chi connectivity index (χ0) is 13.3. The van der Waals surface area contributed by atoms with E-state index >= 15 is 0 Å². The first-order valence-electron chi connectivity index (χ1n) is 5.60. The molecule has 0 aliphatic rings. The molecule has 0 aliphatic heterocycles. The molecule has 1 heterocycles. The number of nitrogens with zero attached hydrogens (tertiary/aromatic N) is 2. The number of aryl methyl sites for hydroxylation is 1. The highest BCUT2D eigenvalue weighted by Gasteiger charge is 2.22. The van der Waals surface area contributed by atoms with Crippen LogP contribution in [0.1, 0.15) is 23.0 Å². The summed E-state index contributed by atoms with van der Waals surface area (Å²) in [4.78, 5) is 11.1. The minimum atomic E-state index is -1.09. The van der Waals surface area contributed by atoms with E-state index in [0.29, 0.717) is 23.2 Å². The van der Waals surface area contributed by atoms with Crippen LogP contribution in [0.4, 0.5) is 4.39 Å². The van der Waals surface area contributed by atoms with E-state index in [1.54, 1.807) is 25.2 Å². The highest BCUT2D eigenvalue weighted by atomic mass is 19.1. The fourth-order valence-corrected chi connectivity index (χ4v) is 2.06. The number of carbonyl (C=O) groups is 1. The number of benzene rings is 1. The van der Waals surface area contributed by atoms with Crippen LogP contribution in [0.5, 0.6) is 0 Å². The van der Waals surface area contributed by atoms with Crippen LogP contribution in [0.25, 0.3) is 11.3 Å². The summed E-state index contributed by atoms with van der Waals surface area (Å²) >= 11 is 0. The van der Waals surface area contributed by atoms with Crippen LogP contribution in [0.3, 0.4) is 0 Å². The molecule has 0 aliphatic carbocycles. The third-order valence-corrected chi connectivity index (χ3v) is 2.83. The molecule has 0 saturated heterocycles. The molecule has 4 nitrogen and oxygen atoms in total. The largest absolute Gasteiger partial charge is 0.476 e. The standard InChI is InChI=1S/C13H13FN2O2/c1-3-8-11(13(17)18)15-16(2)12(8)9-6-4-5-7-10(9)14/h4-7H,3H2,1-2H3,(H,17,18). The molecule has 18 heavy (non-hydrogen) atoms. The number of hydrogen-bond donors (Lipinski definition) is 1. The lowest BCUT2D eigenvalue weighted by Gasteiger charge is -2.06. The lowest BCUT2D eigenvalue weighted by Crippen LogP contribution is -2.01. The summed E-state index contributed by atoms with van der Waals surface area (Å²) in [7, 11) is 1.62. The molecule has 1 aromatic carbocycles. The molecule has 2 rings (SSSR count). The Morgan fingerprint density at radius 3 is 2.67 bits per heavy atom. The van der Waals surface area contributed by atoms with Gasteiger partial charge in [-0.05, 0) is 18.6 Å². The van der Waals surface area contributed by atoms with Gasteiger partial charge in [0, 0.05) is 18.2 Å². The van der Waals surface area contributed by atoms with Gasteiger partial charge in [0.25, 0.3) is 0 Å². The van der Waals surface area contributed by atoms with Crippen LogP contribution in [0, 0.1) is 5.82 Å². The van der Waals surface area contributed by atoms with Crippen molar-refractivity contribution in [2.45, 2.75) is 13.3 Å². The monoisotopic (exact) mass is 248 g/mol. The Kier molecular flexibility index (Phi) is 3.14. The summed E-state index contributed by atoms with van der Waals surface area (Å²) in [6, 6.07) is 6.28. The third kappa shape index (κ3) is 1.88. The summed E-state index contributed by atoms with van der Waals surface area (Å²) in [6.45, 7) is 1.83. The topological polar surface area (TPSA) is 55.1 Å². The molecule has 0 bridgehead atoms. The Hall–Kier alpha value is -2.17. The minimum Gasteiger partial charge on any atom is -0.476 e. The van der Waals surface area contributed by atoms with Crippen molar-refractivity contribution in [3.63, 3.8) is 0 Å². The fourth-order valence-electron chi connectivity index (χ4n) is 2.06. The molecule has 94 valence electrons. The van der Waals surface area contributed by atoms with Crippen LogP contribution < -0.4 is 0 Å². The van der Waals surface area contributed by atoms with Gasteiger partial charge in [-0.1, -0.05) is 19.1 Å². The molecule has 0 unspecified atom stereocenters. The van der Waals surface area contributed by atoms with E-state index in [1.165, 1.54) is 10.7 Å². The Morgan fingerprint density at radius 1 is 1.44 bits per heavy atom. The predicted octanol–water partition coefficient (Wildman–Crippen LogP) is 2.49. The van der Waals surface area contributed by atoms with Crippen molar-refractivity contribution in [1.82, 2.24) is 9.78 Å². The van der Waals surface area contributed by atoms with Crippen LogP contribution in [-0.4, -0.2) is 20.9 Å². The SMILES string of the molecule is CCc1c(C(=O)O)nn(C)c1-c1ccccc1F. The van der Waals surface area contributed by atoms with Crippen molar-refractivity contribution in [2.24, 2.45) is 7.05 Å². The third-order valence-electron chi connectivity index (χ3n) is 2.83. The van der Waals surface area contributed by atoms with E-state index in [4.69, 9.17) is 5.11 Å². The smallest absolute Gasteiger partial charge is 0.356 e. The average Bonchev–Trinajstić information content (AvgIpc) is 2.67. The van der Waals surface area contributed by atoms with Crippen LogP contribution in [-0.2, 0) is 13.5 Å². The second kappa shape index (κ2) is 4.60. The first kappa shape index (κ1) is 12.3. The van der Waals surface area contributed by atoms with Gasteiger partial charge in [-0.3, -0.25) is 4.68 Å². The van der Waals surface area contributed by atoms with Crippen molar-refractivity contribution in [3.05, 3.63) is 41.3 Å². The van der Waals surface area contributed by atoms with Crippen LogP contribution in [0.15, 0.2) is 24.3 Å². The van der Waals surface area contributed by atoms with E-state index in [9.17, 15) is 9.18 Å². The molecule has 0 fully saturated rings. The fraction of sp³-hybridized carbons (Fsp3) is 0.231. The molecule has 0 spiro atoms. The summed E-state index contributed by atoms with van der Waals surface area (Å²) in [5.41, 5.74) is 1.43. The zero-order valence-corrected chi connectivity index (χ0v) is 10.1. The Labute approximate surface area is 104 Å². The van der Waals surface area contributed by atoms with Gasteiger partial charge in [0.1, 0.15) is 5.82 Å². The molecule has 0 amide bonds. The first-order chi connectivity index (χ1) is 8.56. The van der Waals surface area contributed by atoms with Crippen LogP contribution >= 0.6 is 0 Å². The average molecular weight is 248 g/mol. The van der Waals surface area contributed by atoms with Gasteiger partial charge in [-0.25, -0.2) is 9.18 Å². The molecule has 0 atom stereocenters. The van der Waals surface area contributed by atoms with Gasteiger partial charge in [0.2, 0.25) is 0 Å².